The van der Waals surface area contributed by atoms with E-state index in [-0.39, 0.29) is 28.2 Å². The third-order valence-corrected chi connectivity index (χ3v) is 13.1. The Morgan fingerprint density at radius 2 is 1.49 bits per heavy atom. The molecule has 0 unspecified atom stereocenters. The Bertz CT molecular complexity index is 1640. The van der Waals surface area contributed by atoms with Gasteiger partial charge in [0.1, 0.15) is 5.52 Å². The zero-order valence-corrected chi connectivity index (χ0v) is 24.0. The van der Waals surface area contributed by atoms with E-state index in [2.05, 4.69) is 115 Å². The molecule has 6 nitrogen and oxygen atoms in total. The van der Waals surface area contributed by atoms with Gasteiger partial charge in [0.15, 0.2) is 5.65 Å². The molecule has 1 N–H and O–H groups in total. The Morgan fingerprint density at radius 3 is 2.10 bits per heavy atom. The fourth-order valence-corrected chi connectivity index (χ4v) is 11.0. The van der Waals surface area contributed by atoms with Crippen LogP contribution in [-0.2, 0) is 4.43 Å². The van der Waals surface area contributed by atoms with Gasteiger partial charge in [-0.3, -0.25) is 4.57 Å². The smallest absolute Gasteiger partial charge is 0.328 e. The maximum Gasteiger partial charge on any atom is 0.328 e. The first-order chi connectivity index (χ1) is 18.8. The summed E-state index contributed by atoms with van der Waals surface area (Å²) < 4.78 is 9.26. The second kappa shape index (κ2) is 9.90. The van der Waals surface area contributed by atoms with Crippen LogP contribution in [0.4, 0.5) is 0 Å². The molecule has 0 fully saturated rings. The Balaban J connectivity index is 1.49. The molecule has 8 heteroatoms. The highest BCUT2D eigenvalue weighted by molar-refractivity contribution is 6.99. The lowest BCUT2D eigenvalue weighted by atomic mass is 9.85. The summed E-state index contributed by atoms with van der Waals surface area (Å²) in [6, 6.07) is 29.6. The quantitative estimate of drug-likeness (QED) is 0.221. The topological polar surface area (TPSA) is 72.8 Å². The standard InChI is InChI=1S/C31H31ClN4O2Si/c1-31(2,3)39(21-12-6-4-7-13-21,22-14-8-5-9-15-22)38-27-19-18-26(23-16-10-11-17-24(23)27)36-28-25(34-30(36)37)20-33-29(32)35-28/h4-17,20,26-27H,18-19H2,1-3H3,(H,34,37)/t26-,27-/m1/s1. The maximum atomic E-state index is 13.1. The van der Waals surface area contributed by atoms with Crippen molar-refractivity contribution in [2.24, 2.45) is 0 Å². The third-order valence-electron chi connectivity index (χ3n) is 7.88. The summed E-state index contributed by atoms with van der Waals surface area (Å²) in [4.78, 5) is 24.5. The zero-order valence-electron chi connectivity index (χ0n) is 22.3. The van der Waals surface area contributed by atoms with Crippen molar-refractivity contribution in [1.29, 1.82) is 0 Å². The van der Waals surface area contributed by atoms with Gasteiger partial charge in [-0.1, -0.05) is 106 Å². The van der Waals surface area contributed by atoms with Gasteiger partial charge in [-0.05, 0) is 51.0 Å². The van der Waals surface area contributed by atoms with Gasteiger partial charge in [0.2, 0.25) is 5.28 Å². The largest absolute Gasteiger partial charge is 0.400 e. The molecule has 0 radical (unpaired) electrons. The molecular weight excluding hydrogens is 524 g/mol. The number of hydrogen-bond acceptors (Lipinski definition) is 4. The van der Waals surface area contributed by atoms with Crippen LogP contribution in [0.1, 0.15) is 56.9 Å². The van der Waals surface area contributed by atoms with Crippen LogP contribution in [0.2, 0.25) is 10.3 Å². The van der Waals surface area contributed by atoms with Crippen LogP contribution in [0, 0.1) is 0 Å². The van der Waals surface area contributed by atoms with E-state index in [0.717, 1.165) is 24.0 Å². The molecule has 0 aliphatic heterocycles. The predicted octanol–water partition coefficient (Wildman–Crippen LogP) is 5.77. The number of nitrogens with one attached hydrogen (secondary N) is 1. The normalized spacial score (nSPS) is 17.7. The minimum Gasteiger partial charge on any atom is -0.400 e. The summed E-state index contributed by atoms with van der Waals surface area (Å²) in [5, 5.41) is 2.49. The number of aromatic amines is 1. The van der Waals surface area contributed by atoms with Crippen molar-refractivity contribution in [2.45, 2.75) is 50.8 Å². The minimum absolute atomic E-state index is 0.118. The lowest BCUT2D eigenvalue weighted by Gasteiger charge is -2.46. The summed E-state index contributed by atoms with van der Waals surface area (Å²) in [7, 11) is -2.77. The number of benzene rings is 3. The molecule has 2 aromatic heterocycles. The van der Waals surface area contributed by atoms with E-state index in [4.69, 9.17) is 16.0 Å². The number of imidazole rings is 1. The van der Waals surface area contributed by atoms with E-state index in [9.17, 15) is 4.79 Å². The van der Waals surface area contributed by atoms with Crippen LogP contribution < -0.4 is 16.1 Å². The van der Waals surface area contributed by atoms with Gasteiger partial charge < -0.3 is 9.41 Å². The van der Waals surface area contributed by atoms with Crippen molar-refractivity contribution in [3.63, 3.8) is 0 Å². The SMILES string of the molecule is CC(C)(C)[Si](O[C@@H]1CC[C@@H](n2c(=O)[nH]c3cnc(Cl)nc32)c2ccccc21)(c1ccccc1)c1ccccc1. The number of nitrogens with zero attached hydrogens (tertiary/aromatic N) is 3. The number of fused-ring (bicyclic) bond motifs is 2. The molecule has 0 saturated carbocycles. The van der Waals surface area contributed by atoms with E-state index in [1.54, 1.807) is 10.8 Å². The van der Waals surface area contributed by atoms with Crippen molar-refractivity contribution < 1.29 is 4.43 Å². The molecule has 2 heterocycles. The minimum atomic E-state index is -2.77. The summed E-state index contributed by atoms with van der Waals surface area (Å²) in [5.41, 5.74) is 3.07. The van der Waals surface area contributed by atoms with Crippen LogP contribution in [0.15, 0.2) is 95.9 Å². The maximum absolute atomic E-state index is 13.1. The average molecular weight is 555 g/mol. The highest BCUT2D eigenvalue weighted by Gasteiger charge is 2.52. The Morgan fingerprint density at radius 1 is 0.897 bits per heavy atom. The van der Waals surface area contributed by atoms with Crippen LogP contribution in [-0.4, -0.2) is 27.8 Å². The zero-order chi connectivity index (χ0) is 27.2. The number of halogens is 1. The molecule has 0 saturated heterocycles. The lowest BCUT2D eigenvalue weighted by molar-refractivity contribution is 0.160. The third kappa shape index (κ3) is 4.35. The Hall–Kier alpha value is -3.52. The van der Waals surface area contributed by atoms with E-state index in [1.807, 2.05) is 6.07 Å². The molecule has 2 atom stereocenters. The molecule has 0 amide bonds. The molecule has 198 valence electrons. The van der Waals surface area contributed by atoms with Crippen LogP contribution >= 0.6 is 11.6 Å². The van der Waals surface area contributed by atoms with E-state index in [0.29, 0.717) is 11.2 Å². The van der Waals surface area contributed by atoms with Crippen molar-refractivity contribution in [3.8, 4) is 0 Å². The van der Waals surface area contributed by atoms with Crippen molar-refractivity contribution in [3.05, 3.63) is 118 Å². The molecular formula is C31H31ClN4O2Si. The van der Waals surface area contributed by atoms with Gasteiger partial charge in [-0.15, -0.1) is 0 Å². The fourth-order valence-electron chi connectivity index (χ4n) is 6.21. The number of rotatable bonds is 5. The summed E-state index contributed by atoms with van der Waals surface area (Å²) in [5.74, 6) is 0. The van der Waals surface area contributed by atoms with Crippen LogP contribution in [0.3, 0.4) is 0 Å². The van der Waals surface area contributed by atoms with Crippen LogP contribution in [0.5, 0.6) is 0 Å². The van der Waals surface area contributed by atoms with E-state index >= 15 is 0 Å². The first-order valence-corrected chi connectivity index (χ1v) is 15.6. The van der Waals surface area contributed by atoms with Gasteiger partial charge >= 0.3 is 5.69 Å². The van der Waals surface area contributed by atoms with Crippen molar-refractivity contribution in [2.75, 3.05) is 0 Å². The first kappa shape index (κ1) is 25.7. The Kier molecular flexibility index (Phi) is 6.53. The fraction of sp³-hybridized carbons (Fsp3) is 0.258. The lowest BCUT2D eigenvalue weighted by Crippen LogP contribution is -2.67. The highest BCUT2D eigenvalue weighted by atomic mass is 35.5. The van der Waals surface area contributed by atoms with Gasteiger partial charge in [-0.2, -0.15) is 4.98 Å². The monoisotopic (exact) mass is 554 g/mol. The number of H-pyrrole nitrogens is 1. The first-order valence-electron chi connectivity index (χ1n) is 13.3. The molecule has 6 rings (SSSR count). The number of hydrogen-bond donors (Lipinski definition) is 1. The van der Waals surface area contributed by atoms with Crippen molar-refractivity contribution >= 4 is 41.5 Å². The molecule has 1 aliphatic carbocycles. The van der Waals surface area contributed by atoms with Crippen LogP contribution in [0.25, 0.3) is 11.2 Å². The van der Waals surface area contributed by atoms with Gasteiger partial charge in [0, 0.05) is 0 Å². The van der Waals surface area contributed by atoms with Gasteiger partial charge in [-0.25, -0.2) is 9.78 Å². The highest BCUT2D eigenvalue weighted by Crippen LogP contribution is 2.45. The van der Waals surface area contributed by atoms with Crippen molar-refractivity contribution in [1.82, 2.24) is 19.5 Å². The Labute approximate surface area is 233 Å². The summed E-state index contributed by atoms with van der Waals surface area (Å²) >= 11 is 6.13. The summed E-state index contributed by atoms with van der Waals surface area (Å²) in [6.07, 6.45) is 2.94. The molecule has 0 spiro atoms. The molecule has 0 bridgehead atoms. The molecule has 5 aromatic rings. The van der Waals surface area contributed by atoms with Gasteiger partial charge in [0.25, 0.3) is 8.32 Å². The van der Waals surface area contributed by atoms with Gasteiger partial charge in [0.05, 0.1) is 18.3 Å². The second-order valence-corrected chi connectivity index (χ2v) is 15.8. The van der Waals surface area contributed by atoms with E-state index < -0.39 is 8.32 Å². The summed E-state index contributed by atoms with van der Waals surface area (Å²) in [6.45, 7) is 6.89. The number of aromatic nitrogens is 4. The predicted molar refractivity (Wildman–Crippen MR) is 158 cm³/mol. The van der Waals surface area contributed by atoms with E-state index in [1.165, 1.54) is 10.4 Å². The molecule has 39 heavy (non-hydrogen) atoms. The second-order valence-electron chi connectivity index (χ2n) is 11.2. The molecule has 1 aliphatic rings. The molecule has 3 aromatic carbocycles. The average Bonchev–Trinajstić information content (AvgIpc) is 3.26.